The number of aromatic nitrogens is 3. The lowest BCUT2D eigenvalue weighted by molar-refractivity contribution is 0.0697. The van der Waals surface area contributed by atoms with Gasteiger partial charge in [-0.05, 0) is 30.3 Å². The molecule has 0 aliphatic rings. The summed E-state index contributed by atoms with van der Waals surface area (Å²) in [6.45, 7) is 0. The maximum Gasteiger partial charge on any atom is 0.335 e. The largest absolute Gasteiger partial charge is 0.478 e. The molecule has 0 saturated heterocycles. The van der Waals surface area contributed by atoms with Crippen LogP contribution in [0.4, 0.5) is 0 Å². The fourth-order valence-electron chi connectivity index (χ4n) is 1.80. The third-order valence-electron chi connectivity index (χ3n) is 2.75. The Morgan fingerprint density at radius 2 is 2.00 bits per heavy atom. The standard InChI is InChI=1S/C13H7Cl2N3O2/c14-8-1-2-10(15)9(6-8)12-16-11-5-7(13(19)20)3-4-18(11)17-12/h1-6H,(H,19,20). The molecule has 0 spiro atoms. The molecule has 1 aromatic carbocycles. The van der Waals surface area contributed by atoms with Crippen molar-refractivity contribution in [1.82, 2.24) is 14.6 Å². The van der Waals surface area contributed by atoms with E-state index in [-0.39, 0.29) is 5.56 Å². The number of rotatable bonds is 2. The number of carboxylic acid groups (broad SMARTS) is 1. The van der Waals surface area contributed by atoms with Crippen LogP contribution in [0, 0.1) is 0 Å². The Balaban J connectivity index is 2.17. The van der Waals surface area contributed by atoms with E-state index in [0.29, 0.717) is 27.1 Å². The summed E-state index contributed by atoms with van der Waals surface area (Å²) in [5.74, 6) is -0.627. The van der Waals surface area contributed by atoms with Gasteiger partial charge in [-0.2, -0.15) is 0 Å². The average molecular weight is 308 g/mol. The smallest absolute Gasteiger partial charge is 0.335 e. The fourth-order valence-corrected chi connectivity index (χ4v) is 2.17. The van der Waals surface area contributed by atoms with Crippen LogP contribution in [-0.4, -0.2) is 25.7 Å². The molecule has 0 radical (unpaired) electrons. The van der Waals surface area contributed by atoms with Crippen molar-refractivity contribution in [3.05, 3.63) is 52.1 Å². The summed E-state index contributed by atoms with van der Waals surface area (Å²) >= 11 is 12.0. The highest BCUT2D eigenvalue weighted by Crippen LogP contribution is 2.28. The van der Waals surface area contributed by atoms with Gasteiger partial charge in [0.25, 0.3) is 0 Å². The first-order valence-corrected chi connectivity index (χ1v) is 6.35. The molecule has 5 nitrogen and oxygen atoms in total. The molecule has 0 unspecified atom stereocenters. The summed E-state index contributed by atoms with van der Waals surface area (Å²) in [6.07, 6.45) is 1.54. The minimum absolute atomic E-state index is 0.147. The van der Waals surface area contributed by atoms with E-state index >= 15 is 0 Å². The highest BCUT2D eigenvalue weighted by Gasteiger charge is 2.12. The van der Waals surface area contributed by atoms with Crippen molar-refractivity contribution in [2.24, 2.45) is 0 Å². The first kappa shape index (κ1) is 12.9. The molecule has 0 aliphatic heterocycles. The maximum absolute atomic E-state index is 10.9. The normalized spacial score (nSPS) is 10.9. The number of hydrogen-bond acceptors (Lipinski definition) is 3. The van der Waals surface area contributed by atoms with Crippen LogP contribution in [0.1, 0.15) is 10.4 Å². The lowest BCUT2D eigenvalue weighted by Gasteiger charge is -1.99. The molecule has 7 heteroatoms. The molecule has 20 heavy (non-hydrogen) atoms. The zero-order chi connectivity index (χ0) is 14.3. The number of halogens is 2. The van der Waals surface area contributed by atoms with Crippen molar-refractivity contribution >= 4 is 34.8 Å². The molecule has 0 saturated carbocycles. The second-order valence-electron chi connectivity index (χ2n) is 4.08. The maximum atomic E-state index is 10.9. The third-order valence-corrected chi connectivity index (χ3v) is 3.32. The number of carbonyl (C=O) groups is 1. The van der Waals surface area contributed by atoms with Crippen molar-refractivity contribution in [2.75, 3.05) is 0 Å². The molecule has 1 N–H and O–H groups in total. The molecule has 3 aromatic rings. The predicted octanol–water partition coefficient (Wildman–Crippen LogP) is 3.40. The van der Waals surface area contributed by atoms with Gasteiger partial charge in [-0.1, -0.05) is 23.2 Å². The summed E-state index contributed by atoms with van der Waals surface area (Å²) < 4.78 is 1.49. The number of aromatic carboxylic acids is 1. The topological polar surface area (TPSA) is 67.5 Å². The molecule has 3 rings (SSSR count). The van der Waals surface area contributed by atoms with Crippen LogP contribution in [0.5, 0.6) is 0 Å². The number of benzene rings is 1. The second kappa shape index (κ2) is 4.77. The Bertz CT molecular complexity index is 830. The van der Waals surface area contributed by atoms with E-state index in [1.807, 2.05) is 0 Å². The first-order valence-electron chi connectivity index (χ1n) is 5.60. The van der Waals surface area contributed by atoms with E-state index in [2.05, 4.69) is 10.1 Å². The van der Waals surface area contributed by atoms with Crippen molar-refractivity contribution in [1.29, 1.82) is 0 Å². The van der Waals surface area contributed by atoms with Gasteiger partial charge in [0.15, 0.2) is 11.5 Å². The number of carboxylic acids is 1. The molecule has 0 amide bonds. The van der Waals surface area contributed by atoms with Gasteiger partial charge in [0, 0.05) is 16.8 Å². The van der Waals surface area contributed by atoms with E-state index in [1.54, 1.807) is 18.2 Å². The summed E-state index contributed by atoms with van der Waals surface area (Å²) in [5.41, 5.74) is 1.17. The molecular weight excluding hydrogens is 301 g/mol. The van der Waals surface area contributed by atoms with E-state index in [4.69, 9.17) is 28.3 Å². The van der Waals surface area contributed by atoms with Gasteiger partial charge < -0.3 is 5.11 Å². The summed E-state index contributed by atoms with van der Waals surface area (Å²) in [6, 6.07) is 7.89. The fraction of sp³-hybridized carbons (Fsp3) is 0. The van der Waals surface area contributed by atoms with Gasteiger partial charge in [-0.3, -0.25) is 0 Å². The van der Waals surface area contributed by atoms with E-state index in [0.717, 1.165) is 0 Å². The Labute approximate surface area is 123 Å². The van der Waals surface area contributed by atoms with Gasteiger partial charge in [-0.15, -0.1) is 5.10 Å². The van der Waals surface area contributed by atoms with Gasteiger partial charge in [0.2, 0.25) is 0 Å². The van der Waals surface area contributed by atoms with Crippen LogP contribution in [-0.2, 0) is 0 Å². The summed E-state index contributed by atoms with van der Waals surface area (Å²) in [4.78, 5) is 15.2. The molecule has 0 bridgehead atoms. The van der Waals surface area contributed by atoms with Crippen molar-refractivity contribution < 1.29 is 9.90 Å². The summed E-state index contributed by atoms with van der Waals surface area (Å²) in [7, 11) is 0. The van der Waals surface area contributed by atoms with Crippen molar-refractivity contribution in [3.63, 3.8) is 0 Å². The SMILES string of the molecule is O=C(O)c1ccn2nc(-c3cc(Cl)ccc3Cl)nc2c1. The van der Waals surface area contributed by atoms with Crippen LogP contribution < -0.4 is 0 Å². The van der Waals surface area contributed by atoms with Crippen LogP contribution in [0.15, 0.2) is 36.5 Å². The monoisotopic (exact) mass is 307 g/mol. The van der Waals surface area contributed by atoms with Gasteiger partial charge in [0.05, 0.1) is 10.6 Å². The highest BCUT2D eigenvalue weighted by molar-refractivity contribution is 6.35. The van der Waals surface area contributed by atoms with E-state index in [1.165, 1.54) is 22.8 Å². The Hall–Kier alpha value is -2.11. The molecule has 0 atom stereocenters. The van der Waals surface area contributed by atoms with Gasteiger partial charge in [0.1, 0.15) is 0 Å². The minimum Gasteiger partial charge on any atom is -0.478 e. The lowest BCUT2D eigenvalue weighted by Crippen LogP contribution is -1.97. The van der Waals surface area contributed by atoms with Crippen molar-refractivity contribution in [2.45, 2.75) is 0 Å². The molecular formula is C13H7Cl2N3O2. The molecule has 100 valence electrons. The van der Waals surface area contributed by atoms with Crippen LogP contribution in [0.3, 0.4) is 0 Å². The second-order valence-corrected chi connectivity index (χ2v) is 4.93. The Morgan fingerprint density at radius 3 is 2.75 bits per heavy atom. The Morgan fingerprint density at radius 1 is 1.20 bits per heavy atom. The number of hydrogen-bond donors (Lipinski definition) is 1. The van der Waals surface area contributed by atoms with Gasteiger partial charge in [-0.25, -0.2) is 14.3 Å². The number of fused-ring (bicyclic) bond motifs is 1. The van der Waals surface area contributed by atoms with Crippen LogP contribution in [0.2, 0.25) is 10.0 Å². The molecule has 2 heterocycles. The van der Waals surface area contributed by atoms with Crippen molar-refractivity contribution in [3.8, 4) is 11.4 Å². The van der Waals surface area contributed by atoms with Crippen LogP contribution in [0.25, 0.3) is 17.0 Å². The zero-order valence-corrected chi connectivity index (χ0v) is 11.4. The third kappa shape index (κ3) is 2.21. The minimum atomic E-state index is -1.02. The molecule has 0 fully saturated rings. The quantitative estimate of drug-likeness (QED) is 0.788. The van der Waals surface area contributed by atoms with E-state index in [9.17, 15) is 4.79 Å². The van der Waals surface area contributed by atoms with E-state index < -0.39 is 5.97 Å². The number of pyridine rings is 1. The number of nitrogens with zero attached hydrogens (tertiary/aromatic N) is 3. The first-order chi connectivity index (χ1) is 9.54. The zero-order valence-electron chi connectivity index (χ0n) is 9.92. The lowest BCUT2D eigenvalue weighted by atomic mass is 10.2. The molecule has 2 aromatic heterocycles. The highest BCUT2D eigenvalue weighted by atomic mass is 35.5. The van der Waals surface area contributed by atoms with Gasteiger partial charge >= 0.3 is 5.97 Å². The Kier molecular flexibility index (Phi) is 3.08. The van der Waals surface area contributed by atoms with Crippen LogP contribution >= 0.6 is 23.2 Å². The molecule has 0 aliphatic carbocycles. The average Bonchev–Trinajstić information content (AvgIpc) is 2.83. The summed E-state index contributed by atoms with van der Waals surface area (Å²) in [5, 5.41) is 14.2. The predicted molar refractivity (Wildman–Crippen MR) is 75.4 cm³/mol.